The Balaban J connectivity index is 1.96. The molecule has 0 nitrogen and oxygen atoms in total. The van der Waals surface area contributed by atoms with Crippen LogP contribution in [-0.2, 0) is 0 Å². The fourth-order valence-corrected chi connectivity index (χ4v) is 11.5. The Labute approximate surface area is 237 Å². The SMILES string of the molecule is CC(C)c1cccc([Si](C2=C(c3ccccc3)C=CC2)(c2cccc(C(C)C)c2)c2cccc(C(C)C)c2)c1. The summed E-state index contributed by atoms with van der Waals surface area (Å²) < 4.78 is 0. The third-order valence-electron chi connectivity index (χ3n) is 8.43. The molecule has 4 aromatic rings. The van der Waals surface area contributed by atoms with E-state index in [1.807, 2.05) is 0 Å². The summed E-state index contributed by atoms with van der Waals surface area (Å²) in [7, 11) is -2.65. The van der Waals surface area contributed by atoms with Crippen molar-refractivity contribution < 1.29 is 0 Å². The highest BCUT2D eigenvalue weighted by Gasteiger charge is 2.45. The zero-order valence-corrected chi connectivity index (χ0v) is 25.4. The Morgan fingerprint density at radius 2 is 0.949 bits per heavy atom. The molecule has 0 aliphatic heterocycles. The van der Waals surface area contributed by atoms with Gasteiger partial charge in [-0.05, 0) is 67.6 Å². The van der Waals surface area contributed by atoms with Gasteiger partial charge in [-0.2, -0.15) is 0 Å². The second-order valence-electron chi connectivity index (χ2n) is 12.0. The molecule has 0 saturated carbocycles. The monoisotopic (exact) mass is 526 g/mol. The third-order valence-corrected chi connectivity index (χ3v) is 13.3. The highest BCUT2D eigenvalue weighted by molar-refractivity contribution is 7.16. The average molecular weight is 527 g/mol. The first-order valence-corrected chi connectivity index (χ1v) is 16.6. The van der Waals surface area contributed by atoms with Gasteiger partial charge in [-0.15, -0.1) is 0 Å². The van der Waals surface area contributed by atoms with Gasteiger partial charge in [-0.25, -0.2) is 0 Å². The number of rotatable bonds is 8. The van der Waals surface area contributed by atoms with E-state index in [1.165, 1.54) is 43.4 Å². The Morgan fingerprint density at radius 3 is 1.36 bits per heavy atom. The summed E-state index contributed by atoms with van der Waals surface area (Å²) >= 11 is 0. The van der Waals surface area contributed by atoms with Crippen LogP contribution in [0.3, 0.4) is 0 Å². The molecule has 0 radical (unpaired) electrons. The van der Waals surface area contributed by atoms with Crippen LogP contribution in [-0.4, -0.2) is 8.07 Å². The maximum atomic E-state index is 2.54. The molecule has 0 saturated heterocycles. The van der Waals surface area contributed by atoms with Gasteiger partial charge in [-0.1, -0.05) is 162 Å². The summed E-state index contributed by atoms with van der Waals surface area (Å²) in [6.45, 7) is 13.9. The van der Waals surface area contributed by atoms with Gasteiger partial charge in [0.2, 0.25) is 0 Å². The van der Waals surface area contributed by atoms with Crippen molar-refractivity contribution >= 4 is 29.2 Å². The minimum absolute atomic E-state index is 0.477. The van der Waals surface area contributed by atoms with Crippen LogP contribution >= 0.6 is 0 Å². The van der Waals surface area contributed by atoms with Crippen LogP contribution in [0.2, 0.25) is 0 Å². The number of benzene rings is 4. The van der Waals surface area contributed by atoms with Crippen LogP contribution in [0.25, 0.3) is 5.57 Å². The maximum absolute atomic E-state index is 2.65. The Morgan fingerprint density at radius 1 is 0.513 bits per heavy atom. The van der Waals surface area contributed by atoms with E-state index in [0.29, 0.717) is 17.8 Å². The summed E-state index contributed by atoms with van der Waals surface area (Å²) in [5, 5.41) is 6.06. The number of hydrogen-bond donors (Lipinski definition) is 0. The third kappa shape index (κ3) is 5.13. The van der Waals surface area contributed by atoms with E-state index in [4.69, 9.17) is 0 Å². The molecule has 0 aromatic heterocycles. The molecule has 0 amide bonds. The molecular formula is C38H42Si. The second-order valence-corrected chi connectivity index (χ2v) is 15.8. The van der Waals surface area contributed by atoms with Crippen LogP contribution in [0.5, 0.6) is 0 Å². The number of hydrogen-bond acceptors (Lipinski definition) is 0. The summed E-state index contributed by atoms with van der Waals surface area (Å²) in [6.07, 6.45) is 5.77. The molecule has 0 fully saturated rings. The Hall–Kier alpha value is -3.42. The molecule has 0 atom stereocenters. The topological polar surface area (TPSA) is 0 Å². The summed E-state index contributed by atoms with van der Waals surface area (Å²) in [4.78, 5) is 0. The van der Waals surface area contributed by atoms with Crippen molar-refractivity contribution in [3.05, 3.63) is 143 Å². The fraction of sp³-hybridized carbons (Fsp3) is 0.263. The van der Waals surface area contributed by atoms with Crippen molar-refractivity contribution in [2.45, 2.75) is 65.7 Å². The second kappa shape index (κ2) is 11.4. The van der Waals surface area contributed by atoms with Gasteiger partial charge in [0, 0.05) is 0 Å². The first-order valence-electron chi connectivity index (χ1n) is 14.6. The molecule has 198 valence electrons. The largest absolute Gasteiger partial charge is 0.176 e. The minimum atomic E-state index is -2.65. The predicted octanol–water partition coefficient (Wildman–Crippen LogP) is 8.48. The van der Waals surface area contributed by atoms with Crippen molar-refractivity contribution in [2.24, 2.45) is 0 Å². The van der Waals surface area contributed by atoms with E-state index in [0.717, 1.165) is 6.42 Å². The molecule has 0 spiro atoms. The van der Waals surface area contributed by atoms with Crippen molar-refractivity contribution in [1.29, 1.82) is 0 Å². The van der Waals surface area contributed by atoms with Crippen molar-refractivity contribution in [2.75, 3.05) is 0 Å². The highest BCUT2D eigenvalue weighted by Crippen LogP contribution is 2.35. The first kappa shape index (κ1) is 27.2. The Bertz CT molecular complexity index is 1380. The van der Waals surface area contributed by atoms with Crippen molar-refractivity contribution in [3.63, 3.8) is 0 Å². The molecule has 39 heavy (non-hydrogen) atoms. The van der Waals surface area contributed by atoms with Crippen LogP contribution in [0, 0.1) is 0 Å². The van der Waals surface area contributed by atoms with Crippen molar-refractivity contribution in [1.82, 2.24) is 0 Å². The first-order chi connectivity index (χ1) is 18.8. The molecule has 0 bridgehead atoms. The normalized spacial score (nSPS) is 13.8. The zero-order valence-electron chi connectivity index (χ0n) is 24.4. The van der Waals surface area contributed by atoms with Gasteiger partial charge in [0.25, 0.3) is 0 Å². The van der Waals surface area contributed by atoms with E-state index < -0.39 is 8.07 Å². The fourth-order valence-electron chi connectivity index (χ4n) is 6.16. The number of allylic oxidation sites excluding steroid dienone is 4. The van der Waals surface area contributed by atoms with Gasteiger partial charge < -0.3 is 0 Å². The van der Waals surface area contributed by atoms with E-state index in [1.54, 1.807) is 5.20 Å². The lowest BCUT2D eigenvalue weighted by Gasteiger charge is -2.37. The lowest BCUT2D eigenvalue weighted by atomic mass is 10.0. The molecule has 4 aromatic carbocycles. The van der Waals surface area contributed by atoms with E-state index in [-0.39, 0.29) is 0 Å². The lowest BCUT2D eigenvalue weighted by molar-refractivity contribution is 0.867. The summed E-state index contributed by atoms with van der Waals surface area (Å²) in [5.74, 6) is 1.43. The minimum Gasteiger partial charge on any atom is -0.0802 e. The van der Waals surface area contributed by atoms with Gasteiger partial charge in [0.05, 0.1) is 0 Å². The average Bonchev–Trinajstić information content (AvgIpc) is 3.45. The quantitative estimate of drug-likeness (QED) is 0.159. The molecule has 1 heteroatoms. The zero-order chi connectivity index (χ0) is 27.6. The molecular weight excluding hydrogens is 485 g/mol. The summed E-state index contributed by atoms with van der Waals surface area (Å²) in [6, 6.07) is 39.8. The van der Waals surface area contributed by atoms with Crippen molar-refractivity contribution in [3.8, 4) is 0 Å². The van der Waals surface area contributed by atoms with E-state index in [2.05, 4.69) is 157 Å². The predicted molar refractivity (Wildman–Crippen MR) is 173 cm³/mol. The standard InChI is InChI=1S/C38H42Si/c1-27(2)31-16-10-19-34(24-31)39(35-20-11-17-32(25-35)28(3)4,36-21-12-18-33(26-36)29(5)6)38-23-13-22-37(38)30-14-8-7-9-15-30/h7-22,24-29H,23H2,1-6H3. The molecule has 0 unspecified atom stereocenters. The lowest BCUT2D eigenvalue weighted by Crippen LogP contribution is -2.69. The van der Waals surface area contributed by atoms with Gasteiger partial charge >= 0.3 is 0 Å². The molecule has 5 rings (SSSR count). The van der Waals surface area contributed by atoms with E-state index in [9.17, 15) is 0 Å². The molecule has 0 heterocycles. The molecule has 1 aliphatic rings. The summed E-state index contributed by atoms with van der Waals surface area (Å²) in [5.41, 5.74) is 6.96. The van der Waals surface area contributed by atoms with Crippen LogP contribution in [0.1, 0.15) is 88.0 Å². The smallest absolute Gasteiger partial charge is 0.0802 e. The highest BCUT2D eigenvalue weighted by atomic mass is 28.3. The van der Waals surface area contributed by atoms with E-state index >= 15 is 0 Å². The van der Waals surface area contributed by atoms with Crippen LogP contribution in [0.4, 0.5) is 0 Å². The van der Waals surface area contributed by atoms with Gasteiger partial charge in [-0.3, -0.25) is 0 Å². The Kier molecular flexibility index (Phi) is 7.91. The van der Waals surface area contributed by atoms with Gasteiger partial charge in [0.1, 0.15) is 0 Å². The van der Waals surface area contributed by atoms with Gasteiger partial charge in [0.15, 0.2) is 8.07 Å². The molecule has 0 N–H and O–H groups in total. The maximum Gasteiger partial charge on any atom is 0.176 e. The van der Waals surface area contributed by atoms with Crippen LogP contribution < -0.4 is 15.6 Å². The molecule has 1 aliphatic carbocycles. The van der Waals surface area contributed by atoms with Crippen LogP contribution in [0.15, 0.2) is 120 Å².